The molecule has 0 unspecified atom stereocenters. The summed E-state index contributed by atoms with van der Waals surface area (Å²) in [6.45, 7) is 3.59. The molecule has 6 nitrogen and oxygen atoms in total. The molecular formula is C21H20N2O4S. The lowest BCUT2D eigenvalue weighted by molar-refractivity contribution is -0.116. The van der Waals surface area contributed by atoms with Crippen molar-refractivity contribution in [1.82, 2.24) is 4.57 Å². The van der Waals surface area contributed by atoms with Crippen LogP contribution in [0.15, 0.2) is 58.7 Å². The predicted molar refractivity (Wildman–Crippen MR) is 110 cm³/mol. The summed E-state index contributed by atoms with van der Waals surface area (Å²) in [6.07, 6.45) is 0. The average Bonchev–Trinajstić information content (AvgIpc) is 3.09. The number of hydrogen-bond donors (Lipinski definition) is 1. The van der Waals surface area contributed by atoms with Gasteiger partial charge in [0, 0.05) is 22.7 Å². The smallest absolute Gasteiger partial charge is 0.341 e. The van der Waals surface area contributed by atoms with Crippen LogP contribution in [-0.4, -0.2) is 23.1 Å². The molecule has 0 aliphatic carbocycles. The number of ether oxygens (including phenoxy) is 1. The predicted octanol–water partition coefficient (Wildman–Crippen LogP) is 3.70. The molecule has 0 saturated carbocycles. The molecule has 1 aromatic carbocycles. The fourth-order valence-corrected chi connectivity index (χ4v) is 3.80. The number of aromatic nitrogens is 1. The van der Waals surface area contributed by atoms with Crippen molar-refractivity contribution in [2.24, 2.45) is 0 Å². The van der Waals surface area contributed by atoms with E-state index in [0.717, 1.165) is 5.56 Å². The van der Waals surface area contributed by atoms with Gasteiger partial charge >= 0.3 is 5.97 Å². The SMILES string of the molecule is CCOC(=O)c1c(-c2ccccc2)csc1NC(=O)Cn1c(C)cccc1=O. The van der Waals surface area contributed by atoms with Crippen molar-refractivity contribution in [1.29, 1.82) is 0 Å². The normalized spacial score (nSPS) is 10.5. The molecule has 0 bridgehead atoms. The molecule has 2 heterocycles. The molecule has 7 heteroatoms. The van der Waals surface area contributed by atoms with E-state index in [-0.39, 0.29) is 24.6 Å². The van der Waals surface area contributed by atoms with E-state index >= 15 is 0 Å². The highest BCUT2D eigenvalue weighted by atomic mass is 32.1. The van der Waals surface area contributed by atoms with Gasteiger partial charge in [0.1, 0.15) is 17.1 Å². The van der Waals surface area contributed by atoms with Gasteiger partial charge in [-0.3, -0.25) is 9.59 Å². The Morgan fingerprint density at radius 2 is 1.86 bits per heavy atom. The summed E-state index contributed by atoms with van der Waals surface area (Å²) < 4.78 is 6.57. The Hall–Kier alpha value is -3.19. The van der Waals surface area contributed by atoms with Gasteiger partial charge < -0.3 is 14.6 Å². The topological polar surface area (TPSA) is 77.4 Å². The Morgan fingerprint density at radius 3 is 2.54 bits per heavy atom. The maximum Gasteiger partial charge on any atom is 0.341 e. The van der Waals surface area contributed by atoms with Crippen LogP contribution in [0.25, 0.3) is 11.1 Å². The van der Waals surface area contributed by atoms with Gasteiger partial charge in [-0.15, -0.1) is 11.3 Å². The molecule has 0 aliphatic rings. The van der Waals surface area contributed by atoms with Gasteiger partial charge in [0.15, 0.2) is 0 Å². The molecule has 0 atom stereocenters. The number of carbonyl (C=O) groups is 2. The van der Waals surface area contributed by atoms with Crippen LogP contribution in [0.5, 0.6) is 0 Å². The molecule has 1 N–H and O–H groups in total. The minimum Gasteiger partial charge on any atom is -0.462 e. The van der Waals surface area contributed by atoms with Crippen molar-refractivity contribution in [3.8, 4) is 11.1 Å². The number of carbonyl (C=O) groups excluding carboxylic acids is 2. The number of hydrogen-bond acceptors (Lipinski definition) is 5. The van der Waals surface area contributed by atoms with Crippen LogP contribution in [0.2, 0.25) is 0 Å². The highest BCUT2D eigenvalue weighted by molar-refractivity contribution is 7.15. The number of esters is 1. The lowest BCUT2D eigenvalue weighted by Gasteiger charge is -2.11. The Bertz CT molecular complexity index is 1050. The Morgan fingerprint density at radius 1 is 1.11 bits per heavy atom. The van der Waals surface area contributed by atoms with Crippen molar-refractivity contribution in [3.05, 3.63) is 75.5 Å². The maximum atomic E-state index is 12.5. The lowest BCUT2D eigenvalue weighted by atomic mass is 10.0. The van der Waals surface area contributed by atoms with Gasteiger partial charge in [-0.05, 0) is 25.5 Å². The first kappa shape index (κ1) is 19.6. The number of nitrogens with one attached hydrogen (secondary N) is 1. The molecule has 28 heavy (non-hydrogen) atoms. The van der Waals surface area contributed by atoms with Gasteiger partial charge in [0.05, 0.1) is 6.61 Å². The fraction of sp³-hybridized carbons (Fsp3) is 0.190. The highest BCUT2D eigenvalue weighted by Gasteiger charge is 2.23. The second kappa shape index (κ2) is 8.67. The summed E-state index contributed by atoms with van der Waals surface area (Å²) in [5.74, 6) is -0.880. The highest BCUT2D eigenvalue weighted by Crippen LogP contribution is 2.36. The third kappa shape index (κ3) is 4.20. The summed E-state index contributed by atoms with van der Waals surface area (Å²) in [6, 6.07) is 14.3. The number of aryl methyl sites for hydroxylation is 1. The quantitative estimate of drug-likeness (QED) is 0.645. The third-order valence-electron chi connectivity index (χ3n) is 4.18. The van der Waals surface area contributed by atoms with Crippen LogP contribution in [0, 0.1) is 6.92 Å². The van der Waals surface area contributed by atoms with Gasteiger partial charge in [-0.25, -0.2) is 4.79 Å². The maximum absolute atomic E-state index is 12.5. The number of pyridine rings is 1. The molecule has 0 aliphatic heterocycles. The van der Waals surface area contributed by atoms with E-state index < -0.39 is 5.97 Å². The van der Waals surface area contributed by atoms with Crippen LogP contribution in [-0.2, 0) is 16.1 Å². The number of amides is 1. The summed E-state index contributed by atoms with van der Waals surface area (Å²) in [5.41, 5.74) is 2.31. The Balaban J connectivity index is 1.91. The van der Waals surface area contributed by atoms with Crippen molar-refractivity contribution in [3.63, 3.8) is 0 Å². The van der Waals surface area contributed by atoms with Crippen LogP contribution in [0.3, 0.4) is 0 Å². The minimum atomic E-state index is -0.494. The zero-order valence-corrected chi connectivity index (χ0v) is 16.4. The number of rotatable bonds is 6. The monoisotopic (exact) mass is 396 g/mol. The molecule has 0 fully saturated rings. The molecule has 3 rings (SSSR count). The van der Waals surface area contributed by atoms with E-state index in [4.69, 9.17) is 4.74 Å². The average molecular weight is 396 g/mol. The van der Waals surface area contributed by atoms with E-state index in [1.54, 1.807) is 26.0 Å². The van der Waals surface area contributed by atoms with Crippen molar-refractivity contribution < 1.29 is 14.3 Å². The summed E-state index contributed by atoms with van der Waals surface area (Å²) in [5, 5.41) is 4.98. The summed E-state index contributed by atoms with van der Waals surface area (Å²) in [7, 11) is 0. The van der Waals surface area contributed by atoms with E-state index in [1.165, 1.54) is 22.0 Å². The molecule has 0 radical (unpaired) electrons. The number of anilines is 1. The first-order chi connectivity index (χ1) is 13.5. The zero-order valence-electron chi connectivity index (χ0n) is 15.6. The Labute approximate surface area is 166 Å². The summed E-state index contributed by atoms with van der Waals surface area (Å²) >= 11 is 1.25. The number of nitrogens with zero attached hydrogens (tertiary/aromatic N) is 1. The first-order valence-electron chi connectivity index (χ1n) is 8.81. The standard InChI is InChI=1S/C21H20N2O4S/c1-3-27-21(26)19-16(15-9-5-4-6-10-15)13-28-20(19)22-17(24)12-23-14(2)8-7-11-18(23)25/h4-11,13H,3,12H2,1-2H3,(H,22,24). The fourth-order valence-electron chi connectivity index (χ4n) is 2.82. The van der Waals surface area contributed by atoms with E-state index in [2.05, 4.69) is 5.32 Å². The van der Waals surface area contributed by atoms with Crippen molar-refractivity contribution in [2.45, 2.75) is 20.4 Å². The van der Waals surface area contributed by atoms with E-state index in [9.17, 15) is 14.4 Å². The van der Waals surface area contributed by atoms with Crippen LogP contribution in [0.1, 0.15) is 23.0 Å². The lowest BCUT2D eigenvalue weighted by Crippen LogP contribution is -2.28. The van der Waals surface area contributed by atoms with Crippen LogP contribution < -0.4 is 10.9 Å². The van der Waals surface area contributed by atoms with Crippen molar-refractivity contribution >= 4 is 28.2 Å². The van der Waals surface area contributed by atoms with Gasteiger partial charge in [-0.2, -0.15) is 0 Å². The second-order valence-electron chi connectivity index (χ2n) is 6.08. The first-order valence-corrected chi connectivity index (χ1v) is 9.69. The molecule has 144 valence electrons. The van der Waals surface area contributed by atoms with Gasteiger partial charge in [0.25, 0.3) is 5.56 Å². The molecular weight excluding hydrogens is 376 g/mol. The number of thiophene rings is 1. The van der Waals surface area contributed by atoms with Gasteiger partial charge in [0.2, 0.25) is 5.91 Å². The number of benzene rings is 1. The Kier molecular flexibility index (Phi) is 6.06. The van der Waals surface area contributed by atoms with E-state index in [0.29, 0.717) is 21.8 Å². The molecule has 2 aromatic heterocycles. The van der Waals surface area contributed by atoms with Crippen molar-refractivity contribution in [2.75, 3.05) is 11.9 Å². The summed E-state index contributed by atoms with van der Waals surface area (Å²) in [4.78, 5) is 37.1. The molecule has 3 aromatic rings. The zero-order chi connectivity index (χ0) is 20.1. The van der Waals surface area contributed by atoms with Crippen LogP contribution in [0.4, 0.5) is 5.00 Å². The third-order valence-corrected chi connectivity index (χ3v) is 5.07. The molecule has 0 saturated heterocycles. The largest absolute Gasteiger partial charge is 0.462 e. The minimum absolute atomic E-state index is 0.133. The van der Waals surface area contributed by atoms with E-state index in [1.807, 2.05) is 35.7 Å². The molecule has 1 amide bonds. The molecule has 0 spiro atoms. The van der Waals surface area contributed by atoms with Gasteiger partial charge in [-0.1, -0.05) is 36.4 Å². The van der Waals surface area contributed by atoms with Crippen LogP contribution >= 0.6 is 11.3 Å². The second-order valence-corrected chi connectivity index (χ2v) is 6.96.